The second kappa shape index (κ2) is 12.1. The van der Waals surface area contributed by atoms with Crippen LogP contribution in [0.15, 0.2) is 77.9 Å². The van der Waals surface area contributed by atoms with Gasteiger partial charge in [-0.3, -0.25) is 9.80 Å². The van der Waals surface area contributed by atoms with E-state index >= 15 is 0 Å². The van der Waals surface area contributed by atoms with E-state index in [2.05, 4.69) is 17.4 Å². The number of nitrogens with zero attached hydrogens (tertiary/aromatic N) is 2. The van der Waals surface area contributed by atoms with Crippen LogP contribution in [0.2, 0.25) is 15.1 Å². The van der Waals surface area contributed by atoms with E-state index in [0.29, 0.717) is 33.1 Å². The van der Waals surface area contributed by atoms with Crippen molar-refractivity contribution in [2.75, 3.05) is 5.01 Å². The molecule has 1 aliphatic heterocycles. The number of benzene rings is 3. The van der Waals surface area contributed by atoms with Crippen LogP contribution in [-0.2, 0) is 16.1 Å². The fourth-order valence-electron chi connectivity index (χ4n) is 5.32. The Bertz CT molecular complexity index is 1300. The first-order valence-electron chi connectivity index (χ1n) is 13.0. The van der Waals surface area contributed by atoms with E-state index in [4.69, 9.17) is 44.6 Å². The lowest BCUT2D eigenvalue weighted by molar-refractivity contribution is -0.117. The minimum absolute atomic E-state index is 0.0425. The molecular weight excluding hydrogens is 541 g/mol. The van der Waals surface area contributed by atoms with E-state index in [0.717, 1.165) is 36.8 Å². The van der Waals surface area contributed by atoms with Crippen molar-refractivity contribution in [3.8, 4) is 0 Å². The SMILES string of the molecule is C[C@H]1C(C(=O)N[C@H]2CCCC[C@@H]2OCc2ccccc2)=NN(c2ccc(Cl)cc2Cl)[C@H]1c1ccc(Cl)cc1. The van der Waals surface area contributed by atoms with E-state index in [-0.39, 0.29) is 30.0 Å². The molecule has 5 nitrogen and oxygen atoms in total. The molecule has 4 atom stereocenters. The Morgan fingerprint density at radius 3 is 2.42 bits per heavy atom. The smallest absolute Gasteiger partial charge is 0.268 e. The van der Waals surface area contributed by atoms with Crippen LogP contribution < -0.4 is 10.3 Å². The van der Waals surface area contributed by atoms with Crippen molar-refractivity contribution in [3.05, 3.63) is 99.0 Å². The number of hydrazone groups is 1. The molecule has 0 unspecified atom stereocenters. The first-order chi connectivity index (χ1) is 18.4. The average Bonchev–Trinajstić information content (AvgIpc) is 3.26. The van der Waals surface area contributed by atoms with Gasteiger partial charge in [-0.1, -0.05) is 97.0 Å². The summed E-state index contributed by atoms with van der Waals surface area (Å²) in [5.74, 6) is -0.376. The van der Waals surface area contributed by atoms with Crippen LogP contribution in [0.25, 0.3) is 0 Å². The highest BCUT2D eigenvalue weighted by molar-refractivity contribution is 6.41. The molecule has 1 saturated carbocycles. The molecule has 8 heteroatoms. The van der Waals surface area contributed by atoms with Gasteiger partial charge in [0.1, 0.15) is 5.71 Å². The summed E-state index contributed by atoms with van der Waals surface area (Å²) in [5.41, 5.74) is 3.26. The van der Waals surface area contributed by atoms with Crippen LogP contribution >= 0.6 is 34.8 Å². The molecule has 1 heterocycles. The molecule has 1 fully saturated rings. The van der Waals surface area contributed by atoms with Crippen LogP contribution in [0.5, 0.6) is 0 Å². The third kappa shape index (κ3) is 6.02. The lowest BCUT2D eigenvalue weighted by Crippen LogP contribution is -2.49. The summed E-state index contributed by atoms with van der Waals surface area (Å²) >= 11 is 18.9. The first-order valence-corrected chi connectivity index (χ1v) is 14.1. The molecular formula is C30H30Cl3N3O2. The lowest BCUT2D eigenvalue weighted by atomic mass is 9.89. The molecule has 3 aromatic rings. The third-order valence-corrected chi connectivity index (χ3v) is 8.10. The predicted octanol–water partition coefficient (Wildman–Crippen LogP) is 7.84. The molecule has 0 aromatic heterocycles. The van der Waals surface area contributed by atoms with Gasteiger partial charge in [0.15, 0.2) is 0 Å². The van der Waals surface area contributed by atoms with Gasteiger partial charge in [0.2, 0.25) is 0 Å². The van der Waals surface area contributed by atoms with Gasteiger partial charge >= 0.3 is 0 Å². The van der Waals surface area contributed by atoms with E-state index in [9.17, 15) is 4.79 Å². The highest BCUT2D eigenvalue weighted by Crippen LogP contribution is 2.42. The van der Waals surface area contributed by atoms with Crippen molar-refractivity contribution in [2.45, 2.75) is 57.4 Å². The Morgan fingerprint density at radius 2 is 1.68 bits per heavy atom. The molecule has 0 spiro atoms. The quantitative estimate of drug-likeness (QED) is 0.315. The minimum atomic E-state index is -0.233. The monoisotopic (exact) mass is 569 g/mol. The largest absolute Gasteiger partial charge is 0.371 e. The minimum Gasteiger partial charge on any atom is -0.371 e. The van der Waals surface area contributed by atoms with Crippen molar-refractivity contribution >= 4 is 52.1 Å². The van der Waals surface area contributed by atoms with Crippen LogP contribution in [0.3, 0.4) is 0 Å². The van der Waals surface area contributed by atoms with E-state index in [1.807, 2.05) is 60.5 Å². The number of amides is 1. The summed E-state index contributed by atoms with van der Waals surface area (Å²) in [5, 5.41) is 11.6. The predicted molar refractivity (Wildman–Crippen MR) is 155 cm³/mol. The van der Waals surface area contributed by atoms with Crippen LogP contribution in [0, 0.1) is 5.92 Å². The summed E-state index contributed by atoms with van der Waals surface area (Å²) in [7, 11) is 0. The van der Waals surface area contributed by atoms with Gasteiger partial charge in [0.25, 0.3) is 5.91 Å². The topological polar surface area (TPSA) is 53.9 Å². The number of hydrogen-bond donors (Lipinski definition) is 1. The van der Waals surface area contributed by atoms with Gasteiger partial charge in [-0.05, 0) is 54.3 Å². The maximum atomic E-state index is 13.7. The molecule has 198 valence electrons. The van der Waals surface area contributed by atoms with Crippen molar-refractivity contribution in [1.29, 1.82) is 0 Å². The number of nitrogens with one attached hydrogen (secondary N) is 1. The second-order valence-electron chi connectivity index (χ2n) is 9.91. The van der Waals surface area contributed by atoms with Crippen LogP contribution in [0.4, 0.5) is 5.69 Å². The Balaban J connectivity index is 1.38. The van der Waals surface area contributed by atoms with E-state index in [1.54, 1.807) is 12.1 Å². The summed E-state index contributed by atoms with van der Waals surface area (Å²) in [6, 6.07) is 22.7. The van der Waals surface area contributed by atoms with Gasteiger partial charge in [-0.2, -0.15) is 5.10 Å². The zero-order valence-corrected chi connectivity index (χ0v) is 23.4. The van der Waals surface area contributed by atoms with Crippen molar-refractivity contribution in [1.82, 2.24) is 5.32 Å². The van der Waals surface area contributed by atoms with Crippen LogP contribution in [-0.4, -0.2) is 23.8 Å². The fourth-order valence-corrected chi connectivity index (χ4v) is 5.95. The number of carbonyl (C=O) groups is 1. The van der Waals surface area contributed by atoms with Gasteiger partial charge in [-0.25, -0.2) is 0 Å². The number of carbonyl (C=O) groups excluding carboxylic acids is 1. The molecule has 1 amide bonds. The summed E-state index contributed by atoms with van der Waals surface area (Å²) in [4.78, 5) is 13.7. The molecule has 0 bridgehead atoms. The molecule has 0 saturated heterocycles. The Morgan fingerprint density at radius 1 is 0.974 bits per heavy atom. The standard InChI is InChI=1S/C30H30Cl3N3O2/c1-19-28(30(37)34-25-9-5-6-10-27(25)38-18-20-7-3-2-4-8-20)35-36(26-16-15-23(32)17-24(26)33)29(19)21-11-13-22(31)14-12-21/h2-4,7-8,11-17,19,25,27,29H,5-6,9-10,18H2,1H3,(H,34,37)/t19-,25-,27-,29+/m0/s1. The molecule has 0 radical (unpaired) electrons. The van der Waals surface area contributed by atoms with Crippen molar-refractivity contribution in [3.63, 3.8) is 0 Å². The lowest BCUT2D eigenvalue weighted by Gasteiger charge is -2.32. The highest BCUT2D eigenvalue weighted by atomic mass is 35.5. The molecule has 3 aromatic carbocycles. The van der Waals surface area contributed by atoms with E-state index < -0.39 is 0 Å². The van der Waals surface area contributed by atoms with Crippen molar-refractivity contribution in [2.24, 2.45) is 11.0 Å². The summed E-state index contributed by atoms with van der Waals surface area (Å²) in [6.45, 7) is 2.54. The number of rotatable bonds is 7. The molecule has 5 rings (SSSR count). The van der Waals surface area contributed by atoms with E-state index in [1.165, 1.54) is 0 Å². The maximum absolute atomic E-state index is 13.7. The van der Waals surface area contributed by atoms with Gasteiger partial charge in [-0.15, -0.1) is 0 Å². The Hall–Kier alpha value is -2.57. The zero-order valence-electron chi connectivity index (χ0n) is 21.1. The normalized spacial score (nSPS) is 23.3. The molecule has 2 aliphatic rings. The third-order valence-electron chi connectivity index (χ3n) is 7.31. The molecule has 1 aliphatic carbocycles. The van der Waals surface area contributed by atoms with Gasteiger partial charge in [0, 0.05) is 16.0 Å². The van der Waals surface area contributed by atoms with Crippen molar-refractivity contribution < 1.29 is 9.53 Å². The maximum Gasteiger partial charge on any atom is 0.268 e. The average molecular weight is 571 g/mol. The zero-order chi connectivity index (χ0) is 26.6. The number of hydrogen-bond acceptors (Lipinski definition) is 4. The number of halogens is 3. The fraction of sp³-hybridized carbons (Fsp3) is 0.333. The Kier molecular flexibility index (Phi) is 8.59. The summed E-state index contributed by atoms with van der Waals surface area (Å²) in [6.07, 6.45) is 3.89. The highest BCUT2D eigenvalue weighted by Gasteiger charge is 2.41. The van der Waals surface area contributed by atoms with Gasteiger partial charge in [0.05, 0.1) is 35.5 Å². The Labute approximate surface area is 238 Å². The number of anilines is 1. The van der Waals surface area contributed by atoms with Gasteiger partial charge < -0.3 is 10.1 Å². The molecule has 38 heavy (non-hydrogen) atoms. The second-order valence-corrected chi connectivity index (χ2v) is 11.2. The number of ether oxygens (including phenoxy) is 1. The molecule has 1 N–H and O–H groups in total. The first kappa shape index (κ1) is 27.0. The van der Waals surface area contributed by atoms with Crippen LogP contribution in [0.1, 0.15) is 49.8 Å². The summed E-state index contributed by atoms with van der Waals surface area (Å²) < 4.78 is 6.28.